The molecule has 3 nitrogen and oxygen atoms in total. The molecular formula is C13H17ClN2O. The molecule has 0 radical (unpaired) electrons. The van der Waals surface area contributed by atoms with Crippen LogP contribution in [0.3, 0.4) is 0 Å². The van der Waals surface area contributed by atoms with Crippen molar-refractivity contribution in [2.75, 3.05) is 11.9 Å². The van der Waals surface area contributed by atoms with E-state index in [1.54, 1.807) is 6.07 Å². The number of nitrogens with one attached hydrogen (secondary N) is 2. The third-order valence-corrected chi connectivity index (χ3v) is 3.65. The van der Waals surface area contributed by atoms with Crippen molar-refractivity contribution in [2.45, 2.75) is 26.3 Å². The van der Waals surface area contributed by atoms with Crippen LogP contribution in [0.4, 0.5) is 5.69 Å². The topological polar surface area (TPSA) is 41.1 Å². The molecule has 1 aliphatic rings. The second kappa shape index (κ2) is 5.07. The molecule has 0 aromatic heterocycles. The van der Waals surface area contributed by atoms with Gasteiger partial charge in [0, 0.05) is 6.04 Å². The zero-order valence-corrected chi connectivity index (χ0v) is 10.8. The zero-order valence-electron chi connectivity index (χ0n) is 10.1. The molecule has 4 heteroatoms. The number of para-hydroxylation sites is 1. The van der Waals surface area contributed by atoms with Crippen molar-refractivity contribution < 1.29 is 4.79 Å². The highest BCUT2D eigenvalue weighted by atomic mass is 35.5. The van der Waals surface area contributed by atoms with E-state index < -0.39 is 0 Å². The standard InChI is InChI=1S/C13H17ClN2O/c1-8-4-3-5-11(14)12(8)16-13(17)10-6-7-15-9(10)2/h3-5,9-10,15H,6-7H2,1-2H3,(H,16,17). The van der Waals surface area contributed by atoms with Crippen LogP contribution in [0.2, 0.25) is 5.02 Å². The smallest absolute Gasteiger partial charge is 0.229 e. The summed E-state index contributed by atoms with van der Waals surface area (Å²) in [6.07, 6.45) is 0.885. The Hall–Kier alpha value is -1.06. The SMILES string of the molecule is Cc1cccc(Cl)c1NC(=O)C1CCNC1C. The van der Waals surface area contributed by atoms with Gasteiger partial charge in [-0.3, -0.25) is 4.79 Å². The Bertz CT molecular complexity index is 413. The summed E-state index contributed by atoms with van der Waals surface area (Å²) in [5, 5.41) is 6.81. The highest BCUT2D eigenvalue weighted by Gasteiger charge is 2.29. The van der Waals surface area contributed by atoms with E-state index in [2.05, 4.69) is 10.6 Å². The predicted octanol–water partition coefficient (Wildman–Crippen LogP) is 2.58. The van der Waals surface area contributed by atoms with Crippen LogP contribution in [0, 0.1) is 12.8 Å². The van der Waals surface area contributed by atoms with Gasteiger partial charge in [0.25, 0.3) is 0 Å². The number of carbonyl (C=O) groups is 1. The van der Waals surface area contributed by atoms with Crippen LogP contribution >= 0.6 is 11.6 Å². The number of halogens is 1. The van der Waals surface area contributed by atoms with Crippen molar-refractivity contribution in [3.63, 3.8) is 0 Å². The molecule has 0 saturated carbocycles. The molecule has 2 unspecified atom stereocenters. The van der Waals surface area contributed by atoms with E-state index in [4.69, 9.17) is 11.6 Å². The second-order valence-electron chi connectivity index (χ2n) is 4.56. The van der Waals surface area contributed by atoms with Gasteiger partial charge < -0.3 is 10.6 Å². The number of hydrogen-bond donors (Lipinski definition) is 2. The lowest BCUT2D eigenvalue weighted by Crippen LogP contribution is -2.32. The average molecular weight is 253 g/mol. The van der Waals surface area contributed by atoms with Gasteiger partial charge in [0.15, 0.2) is 0 Å². The number of aryl methyl sites for hydroxylation is 1. The maximum atomic E-state index is 12.1. The molecule has 1 heterocycles. The molecule has 0 aliphatic carbocycles. The minimum Gasteiger partial charge on any atom is -0.324 e. The van der Waals surface area contributed by atoms with Gasteiger partial charge in [-0.15, -0.1) is 0 Å². The van der Waals surface area contributed by atoms with Crippen LogP contribution in [-0.2, 0) is 4.79 Å². The molecular weight excluding hydrogens is 236 g/mol. The Morgan fingerprint density at radius 1 is 1.53 bits per heavy atom. The Labute approximate surface area is 107 Å². The molecule has 1 fully saturated rings. The fourth-order valence-electron chi connectivity index (χ4n) is 2.22. The molecule has 2 atom stereocenters. The molecule has 2 N–H and O–H groups in total. The minimum absolute atomic E-state index is 0.0330. The lowest BCUT2D eigenvalue weighted by molar-refractivity contribution is -0.120. The van der Waals surface area contributed by atoms with Crippen molar-refractivity contribution in [1.29, 1.82) is 0 Å². The van der Waals surface area contributed by atoms with Crippen LogP contribution in [0.15, 0.2) is 18.2 Å². The molecule has 0 spiro atoms. The van der Waals surface area contributed by atoms with Crippen molar-refractivity contribution in [3.8, 4) is 0 Å². The summed E-state index contributed by atoms with van der Waals surface area (Å²) in [7, 11) is 0. The van der Waals surface area contributed by atoms with Gasteiger partial charge >= 0.3 is 0 Å². The second-order valence-corrected chi connectivity index (χ2v) is 4.97. The summed E-state index contributed by atoms with van der Waals surface area (Å²) in [6, 6.07) is 5.85. The number of hydrogen-bond acceptors (Lipinski definition) is 2. The van der Waals surface area contributed by atoms with Crippen LogP contribution in [0.5, 0.6) is 0 Å². The van der Waals surface area contributed by atoms with Gasteiger partial charge in [-0.1, -0.05) is 23.7 Å². The Morgan fingerprint density at radius 3 is 2.88 bits per heavy atom. The van der Waals surface area contributed by atoms with E-state index in [0.29, 0.717) is 5.02 Å². The maximum absolute atomic E-state index is 12.1. The third kappa shape index (κ3) is 2.61. The van der Waals surface area contributed by atoms with Crippen LogP contribution in [0.1, 0.15) is 18.9 Å². The van der Waals surface area contributed by atoms with Crippen molar-refractivity contribution in [1.82, 2.24) is 5.32 Å². The highest BCUT2D eigenvalue weighted by molar-refractivity contribution is 6.33. The summed E-state index contributed by atoms with van der Waals surface area (Å²) in [5.74, 6) is 0.0874. The molecule has 1 aromatic rings. The van der Waals surface area contributed by atoms with E-state index >= 15 is 0 Å². The monoisotopic (exact) mass is 252 g/mol. The predicted molar refractivity (Wildman–Crippen MR) is 70.4 cm³/mol. The van der Waals surface area contributed by atoms with E-state index in [1.807, 2.05) is 26.0 Å². The first kappa shape index (κ1) is 12.4. The normalized spacial score (nSPS) is 23.7. The maximum Gasteiger partial charge on any atom is 0.229 e. The molecule has 0 bridgehead atoms. The van der Waals surface area contributed by atoms with Crippen molar-refractivity contribution in [2.24, 2.45) is 5.92 Å². The molecule has 92 valence electrons. The number of carbonyl (C=O) groups excluding carboxylic acids is 1. The Kier molecular flexibility index (Phi) is 3.69. The van der Waals surface area contributed by atoms with Crippen LogP contribution in [-0.4, -0.2) is 18.5 Å². The summed E-state index contributed by atoms with van der Waals surface area (Å²) in [5.41, 5.74) is 1.72. The van der Waals surface area contributed by atoms with Gasteiger partial charge in [-0.05, 0) is 38.4 Å². The first-order chi connectivity index (χ1) is 8.09. The molecule has 1 aromatic carbocycles. The van der Waals surface area contributed by atoms with Crippen molar-refractivity contribution in [3.05, 3.63) is 28.8 Å². The zero-order chi connectivity index (χ0) is 12.4. The summed E-state index contributed by atoms with van der Waals surface area (Å²) >= 11 is 6.09. The summed E-state index contributed by atoms with van der Waals surface area (Å²) in [6.45, 7) is 4.88. The highest BCUT2D eigenvalue weighted by Crippen LogP contribution is 2.27. The van der Waals surface area contributed by atoms with Gasteiger partial charge in [0.1, 0.15) is 0 Å². The van der Waals surface area contributed by atoms with E-state index in [9.17, 15) is 4.79 Å². The first-order valence-corrected chi connectivity index (χ1v) is 6.26. The lowest BCUT2D eigenvalue weighted by Gasteiger charge is -2.16. The van der Waals surface area contributed by atoms with E-state index in [0.717, 1.165) is 24.2 Å². The first-order valence-electron chi connectivity index (χ1n) is 5.89. The van der Waals surface area contributed by atoms with Gasteiger partial charge in [0.2, 0.25) is 5.91 Å². The third-order valence-electron chi connectivity index (χ3n) is 3.33. The van der Waals surface area contributed by atoms with Gasteiger partial charge in [-0.25, -0.2) is 0 Å². The largest absolute Gasteiger partial charge is 0.324 e. The molecule has 1 amide bonds. The number of amides is 1. The number of rotatable bonds is 2. The van der Waals surface area contributed by atoms with E-state index in [-0.39, 0.29) is 17.9 Å². The van der Waals surface area contributed by atoms with Crippen LogP contribution in [0.25, 0.3) is 0 Å². The van der Waals surface area contributed by atoms with Gasteiger partial charge in [0.05, 0.1) is 16.6 Å². The molecule has 1 aliphatic heterocycles. The van der Waals surface area contributed by atoms with E-state index in [1.165, 1.54) is 0 Å². The molecule has 1 saturated heterocycles. The summed E-state index contributed by atoms with van der Waals surface area (Å²) < 4.78 is 0. The quantitative estimate of drug-likeness (QED) is 0.850. The number of anilines is 1. The fourth-order valence-corrected chi connectivity index (χ4v) is 2.49. The minimum atomic E-state index is 0.0330. The van der Waals surface area contributed by atoms with Gasteiger partial charge in [-0.2, -0.15) is 0 Å². The number of benzene rings is 1. The average Bonchev–Trinajstić information content (AvgIpc) is 2.70. The molecule has 17 heavy (non-hydrogen) atoms. The lowest BCUT2D eigenvalue weighted by atomic mass is 10.0. The molecule has 2 rings (SSSR count). The Morgan fingerprint density at radius 2 is 2.29 bits per heavy atom. The van der Waals surface area contributed by atoms with Crippen LogP contribution < -0.4 is 10.6 Å². The Balaban J connectivity index is 2.13. The fraction of sp³-hybridized carbons (Fsp3) is 0.462. The van der Waals surface area contributed by atoms with Crippen molar-refractivity contribution >= 4 is 23.2 Å². The summed E-state index contributed by atoms with van der Waals surface area (Å²) in [4.78, 5) is 12.1.